The molecule has 1 fully saturated rings. The van der Waals surface area contributed by atoms with Gasteiger partial charge in [-0.05, 0) is 57.8 Å². The molecule has 0 spiro atoms. The van der Waals surface area contributed by atoms with Gasteiger partial charge >= 0.3 is 0 Å². The Labute approximate surface area is 172 Å². The summed E-state index contributed by atoms with van der Waals surface area (Å²) in [6.07, 6.45) is 2.25. The number of benzene rings is 1. The van der Waals surface area contributed by atoms with Gasteiger partial charge in [-0.1, -0.05) is 18.2 Å². The zero-order valence-electron chi connectivity index (χ0n) is 15.4. The Balaban J connectivity index is 0.00000243. The lowest BCUT2D eigenvalue weighted by Crippen LogP contribution is -2.34. The Hall–Kier alpha value is -1.61. The molecule has 142 valence electrons. The van der Waals surface area contributed by atoms with Crippen molar-refractivity contribution in [2.45, 2.75) is 33.2 Å². The second kappa shape index (κ2) is 9.91. The molecule has 0 bridgehead atoms. The number of aliphatic imine (C=N–C) groups is 1. The van der Waals surface area contributed by atoms with Gasteiger partial charge in [0.25, 0.3) is 0 Å². The highest BCUT2D eigenvalue weighted by atomic mass is 127. The fraction of sp³-hybridized carbons (Fsp3) is 0.474. The zero-order chi connectivity index (χ0) is 17.6. The van der Waals surface area contributed by atoms with Crippen LogP contribution in [0.25, 0.3) is 0 Å². The van der Waals surface area contributed by atoms with Crippen LogP contribution < -0.4 is 11.1 Å². The molecular formula is C19H28IN5O. The molecule has 1 saturated heterocycles. The van der Waals surface area contributed by atoms with Crippen molar-refractivity contribution in [1.29, 1.82) is 0 Å². The van der Waals surface area contributed by atoms with Crippen LogP contribution in [0.4, 0.5) is 5.69 Å². The maximum absolute atomic E-state index is 5.98. The summed E-state index contributed by atoms with van der Waals surface area (Å²) in [5.41, 5.74) is 7.93. The standard InChI is InChI=1S/C19H27N5O.HI/c1-14-15(2)25-18(22-14)13-24-10-8-16(9-11-24)12-21-19(20)23-17-6-4-3-5-7-17;/h3-7,16H,8-13H2,1-2H3,(H3,20,21,23);1H. The van der Waals surface area contributed by atoms with Crippen LogP contribution in [-0.4, -0.2) is 35.5 Å². The molecule has 0 aliphatic carbocycles. The van der Waals surface area contributed by atoms with Crippen molar-refractivity contribution in [1.82, 2.24) is 9.88 Å². The first-order valence-corrected chi connectivity index (χ1v) is 8.87. The van der Waals surface area contributed by atoms with Crippen LogP contribution in [-0.2, 0) is 6.54 Å². The molecule has 0 atom stereocenters. The second-order valence-corrected chi connectivity index (χ2v) is 6.69. The van der Waals surface area contributed by atoms with E-state index in [9.17, 15) is 0 Å². The van der Waals surface area contributed by atoms with Crippen LogP contribution in [0, 0.1) is 19.8 Å². The molecule has 0 saturated carbocycles. The van der Waals surface area contributed by atoms with E-state index < -0.39 is 0 Å². The van der Waals surface area contributed by atoms with Gasteiger partial charge in [-0.2, -0.15) is 0 Å². The lowest BCUT2D eigenvalue weighted by atomic mass is 9.97. The third-order valence-electron chi connectivity index (χ3n) is 4.70. The highest BCUT2D eigenvalue weighted by Crippen LogP contribution is 2.20. The molecular weight excluding hydrogens is 441 g/mol. The number of aryl methyl sites for hydroxylation is 2. The van der Waals surface area contributed by atoms with E-state index in [1.54, 1.807) is 0 Å². The van der Waals surface area contributed by atoms with Crippen molar-refractivity contribution in [2.75, 3.05) is 25.0 Å². The van der Waals surface area contributed by atoms with E-state index >= 15 is 0 Å². The Morgan fingerprint density at radius 1 is 1.27 bits per heavy atom. The molecule has 3 rings (SSSR count). The predicted octanol–water partition coefficient (Wildman–Crippen LogP) is 3.55. The Bertz CT molecular complexity index is 688. The number of nitrogens with one attached hydrogen (secondary N) is 1. The number of nitrogens with two attached hydrogens (primary N) is 1. The predicted molar refractivity (Wildman–Crippen MR) is 116 cm³/mol. The van der Waals surface area contributed by atoms with Crippen molar-refractivity contribution in [2.24, 2.45) is 16.6 Å². The minimum atomic E-state index is 0. The van der Waals surface area contributed by atoms with Gasteiger partial charge in [0.05, 0.1) is 12.2 Å². The molecule has 7 heteroatoms. The fourth-order valence-corrected chi connectivity index (χ4v) is 3.06. The van der Waals surface area contributed by atoms with E-state index in [1.165, 1.54) is 0 Å². The van der Waals surface area contributed by atoms with Crippen LogP contribution in [0.2, 0.25) is 0 Å². The summed E-state index contributed by atoms with van der Waals surface area (Å²) in [5, 5.41) is 3.13. The number of hydrogen-bond acceptors (Lipinski definition) is 4. The van der Waals surface area contributed by atoms with Crippen LogP contribution in [0.15, 0.2) is 39.7 Å². The number of rotatable bonds is 5. The number of likely N-dealkylation sites (tertiary alicyclic amines) is 1. The summed E-state index contributed by atoms with van der Waals surface area (Å²) in [5.74, 6) is 2.81. The smallest absolute Gasteiger partial charge is 0.208 e. The number of hydrogen-bond donors (Lipinski definition) is 2. The molecule has 1 aromatic carbocycles. The number of aromatic nitrogens is 1. The number of halogens is 1. The number of oxazole rings is 1. The molecule has 1 aliphatic rings. The van der Waals surface area contributed by atoms with E-state index in [2.05, 4.69) is 20.2 Å². The number of nitrogens with zero attached hydrogens (tertiary/aromatic N) is 3. The molecule has 0 amide bonds. The monoisotopic (exact) mass is 469 g/mol. The van der Waals surface area contributed by atoms with Crippen molar-refractivity contribution < 1.29 is 4.42 Å². The third kappa shape index (κ3) is 5.98. The lowest BCUT2D eigenvalue weighted by Gasteiger charge is -2.30. The highest BCUT2D eigenvalue weighted by molar-refractivity contribution is 14.0. The first-order valence-electron chi connectivity index (χ1n) is 8.87. The van der Waals surface area contributed by atoms with Crippen LogP contribution in [0.3, 0.4) is 0 Å². The maximum Gasteiger partial charge on any atom is 0.208 e. The summed E-state index contributed by atoms with van der Waals surface area (Å²) in [7, 11) is 0. The Kier molecular flexibility index (Phi) is 7.89. The van der Waals surface area contributed by atoms with Gasteiger partial charge in [0.15, 0.2) is 5.96 Å². The second-order valence-electron chi connectivity index (χ2n) is 6.69. The summed E-state index contributed by atoms with van der Waals surface area (Å²) >= 11 is 0. The molecule has 2 heterocycles. The SMILES string of the molecule is Cc1nc(CN2CCC(CN=C(N)Nc3ccccc3)CC2)oc1C.I. The summed E-state index contributed by atoms with van der Waals surface area (Å²) in [6, 6.07) is 9.89. The quantitative estimate of drug-likeness (QED) is 0.398. The number of piperidine rings is 1. The van der Waals surface area contributed by atoms with E-state index in [-0.39, 0.29) is 24.0 Å². The van der Waals surface area contributed by atoms with Crippen molar-refractivity contribution >= 4 is 35.6 Å². The van der Waals surface area contributed by atoms with Gasteiger partial charge in [0.2, 0.25) is 5.89 Å². The highest BCUT2D eigenvalue weighted by Gasteiger charge is 2.20. The van der Waals surface area contributed by atoms with Crippen molar-refractivity contribution in [3.05, 3.63) is 47.7 Å². The first kappa shape index (κ1) is 20.7. The van der Waals surface area contributed by atoms with Gasteiger partial charge in [-0.15, -0.1) is 24.0 Å². The summed E-state index contributed by atoms with van der Waals surface area (Å²) < 4.78 is 5.68. The van der Waals surface area contributed by atoms with Crippen molar-refractivity contribution in [3.63, 3.8) is 0 Å². The fourth-order valence-electron chi connectivity index (χ4n) is 3.06. The van der Waals surface area contributed by atoms with E-state index in [4.69, 9.17) is 10.2 Å². The van der Waals surface area contributed by atoms with Crippen LogP contribution in [0.5, 0.6) is 0 Å². The molecule has 1 aliphatic heterocycles. The normalized spacial score (nSPS) is 16.3. The molecule has 1 aromatic heterocycles. The van der Waals surface area contributed by atoms with Gasteiger partial charge in [-0.3, -0.25) is 9.89 Å². The first-order chi connectivity index (χ1) is 12.1. The number of guanidine groups is 1. The van der Waals surface area contributed by atoms with E-state index in [0.29, 0.717) is 11.9 Å². The molecule has 3 N–H and O–H groups in total. The van der Waals surface area contributed by atoms with Crippen LogP contribution in [0.1, 0.15) is 30.2 Å². The average Bonchev–Trinajstić information content (AvgIpc) is 2.92. The van der Waals surface area contributed by atoms with Gasteiger partial charge in [-0.25, -0.2) is 4.98 Å². The van der Waals surface area contributed by atoms with Crippen molar-refractivity contribution in [3.8, 4) is 0 Å². The lowest BCUT2D eigenvalue weighted by molar-refractivity contribution is 0.166. The number of para-hydroxylation sites is 1. The maximum atomic E-state index is 5.98. The molecule has 0 unspecified atom stereocenters. The summed E-state index contributed by atoms with van der Waals surface area (Å²) in [4.78, 5) is 11.4. The zero-order valence-corrected chi connectivity index (χ0v) is 17.8. The molecule has 2 aromatic rings. The Morgan fingerprint density at radius 3 is 2.58 bits per heavy atom. The Morgan fingerprint density at radius 2 is 1.96 bits per heavy atom. The largest absolute Gasteiger partial charge is 0.444 e. The number of anilines is 1. The topological polar surface area (TPSA) is 79.7 Å². The molecule has 0 radical (unpaired) electrons. The minimum Gasteiger partial charge on any atom is -0.444 e. The third-order valence-corrected chi connectivity index (χ3v) is 4.70. The van der Waals surface area contributed by atoms with Crippen LogP contribution >= 0.6 is 24.0 Å². The molecule has 26 heavy (non-hydrogen) atoms. The average molecular weight is 469 g/mol. The van der Waals surface area contributed by atoms with Gasteiger partial charge in [0, 0.05) is 12.2 Å². The van der Waals surface area contributed by atoms with E-state index in [0.717, 1.165) is 62.1 Å². The minimum absolute atomic E-state index is 0. The van der Waals surface area contributed by atoms with E-state index in [1.807, 2.05) is 44.2 Å². The summed E-state index contributed by atoms with van der Waals surface area (Å²) in [6.45, 7) is 7.61. The molecule has 6 nitrogen and oxygen atoms in total. The van der Waals surface area contributed by atoms with Gasteiger partial charge < -0.3 is 15.5 Å². The van der Waals surface area contributed by atoms with Gasteiger partial charge in [0.1, 0.15) is 5.76 Å².